The van der Waals surface area contributed by atoms with E-state index >= 15 is 0 Å². The topological polar surface area (TPSA) is 78.9 Å². The molecule has 1 amide bonds. The summed E-state index contributed by atoms with van der Waals surface area (Å²) in [5.41, 5.74) is 4.74. The van der Waals surface area contributed by atoms with Crippen molar-refractivity contribution in [3.8, 4) is 0 Å². The number of amides is 1. The van der Waals surface area contributed by atoms with Crippen molar-refractivity contribution in [3.63, 3.8) is 0 Å². The second kappa shape index (κ2) is 11.8. The molecule has 0 spiro atoms. The number of morpholine rings is 1. The summed E-state index contributed by atoms with van der Waals surface area (Å²) < 4.78 is 5.55. The average molecular weight is 657 g/mol. The molecule has 1 aliphatic heterocycles. The molecule has 48 heavy (non-hydrogen) atoms. The number of nitrogens with zero attached hydrogens (tertiary/aromatic N) is 1. The first-order valence-corrected chi connectivity index (χ1v) is 19.0. The fraction of sp³-hybridized carbons (Fsp3) is 0.714. The van der Waals surface area contributed by atoms with Crippen LogP contribution in [-0.4, -0.2) is 60.3 Å². The summed E-state index contributed by atoms with van der Waals surface area (Å²) in [5, 5.41) is 13.2. The lowest BCUT2D eigenvalue weighted by Gasteiger charge is -2.72. The fourth-order valence-corrected chi connectivity index (χ4v) is 13.5. The largest absolute Gasteiger partial charge is 0.478 e. The summed E-state index contributed by atoms with van der Waals surface area (Å²) in [4.78, 5) is 27.5. The van der Waals surface area contributed by atoms with Crippen LogP contribution in [0.3, 0.4) is 0 Å². The Hall–Kier alpha value is -2.44. The van der Waals surface area contributed by atoms with Crippen LogP contribution in [0.1, 0.15) is 115 Å². The van der Waals surface area contributed by atoms with E-state index in [9.17, 15) is 14.7 Å². The van der Waals surface area contributed by atoms with Crippen molar-refractivity contribution in [1.29, 1.82) is 0 Å². The molecule has 6 aliphatic rings. The standard InChI is InChI=1S/C42H60N2O4/c1-27(2)30-14-19-42(43-35(45)26-44-22-24-48-25-23-44)21-20-40(6)32(36(30)42)12-13-34-39(5)17-15-31(28-8-10-29(11-9-28)37(46)47)38(3,4)33(39)16-18-41(34,40)7/h8-11,15,30,32-34,36H,1,12-14,16-26H2,2-7H3,(H,43,45)(H,46,47)/t30-,32+,33-,34+,36+,39-,40+,41+,42-/m0/s1. The Balaban J connectivity index is 1.18. The lowest BCUT2D eigenvalue weighted by Crippen LogP contribution is -2.68. The summed E-state index contributed by atoms with van der Waals surface area (Å²) in [6, 6.07) is 7.56. The molecule has 0 radical (unpaired) electrons. The highest BCUT2D eigenvalue weighted by atomic mass is 16.5. The summed E-state index contributed by atoms with van der Waals surface area (Å²) >= 11 is 0. The molecule has 0 aromatic heterocycles. The van der Waals surface area contributed by atoms with Gasteiger partial charge < -0.3 is 15.2 Å². The Morgan fingerprint density at radius 2 is 1.62 bits per heavy atom. The first kappa shape index (κ1) is 34.0. The van der Waals surface area contributed by atoms with E-state index in [1.807, 2.05) is 12.1 Å². The minimum atomic E-state index is -0.871. The van der Waals surface area contributed by atoms with Crippen LogP contribution in [0.25, 0.3) is 5.57 Å². The van der Waals surface area contributed by atoms with Gasteiger partial charge in [-0.05, 0) is 139 Å². The third-order valence-electron chi connectivity index (χ3n) is 15.9. The molecule has 1 aromatic carbocycles. The number of nitrogens with one attached hydrogen (secondary N) is 1. The molecule has 5 aliphatic carbocycles. The predicted octanol–water partition coefficient (Wildman–Crippen LogP) is 8.24. The Morgan fingerprint density at radius 1 is 0.917 bits per heavy atom. The van der Waals surface area contributed by atoms with Gasteiger partial charge in [0, 0.05) is 18.6 Å². The molecule has 6 nitrogen and oxygen atoms in total. The van der Waals surface area contributed by atoms with Crippen LogP contribution < -0.4 is 5.32 Å². The van der Waals surface area contributed by atoms with E-state index in [2.05, 4.69) is 64.4 Å². The molecule has 9 atom stereocenters. The Labute approximate surface area is 289 Å². The number of hydrogen-bond acceptors (Lipinski definition) is 4. The van der Waals surface area contributed by atoms with E-state index in [0.29, 0.717) is 54.9 Å². The first-order chi connectivity index (χ1) is 22.7. The quantitative estimate of drug-likeness (QED) is 0.302. The third-order valence-corrected chi connectivity index (χ3v) is 15.9. The zero-order valence-corrected chi connectivity index (χ0v) is 30.5. The van der Waals surface area contributed by atoms with Crippen molar-refractivity contribution in [1.82, 2.24) is 10.2 Å². The van der Waals surface area contributed by atoms with Crippen LogP contribution >= 0.6 is 0 Å². The highest BCUT2D eigenvalue weighted by Gasteiger charge is 2.70. The number of allylic oxidation sites excluding steroid dienone is 3. The maximum absolute atomic E-state index is 13.7. The molecular weight excluding hydrogens is 596 g/mol. The van der Waals surface area contributed by atoms with Gasteiger partial charge >= 0.3 is 5.97 Å². The number of ether oxygens (including phenoxy) is 1. The zero-order valence-electron chi connectivity index (χ0n) is 30.5. The number of carbonyl (C=O) groups excluding carboxylic acids is 1. The van der Waals surface area contributed by atoms with Crippen molar-refractivity contribution >= 4 is 17.4 Å². The maximum Gasteiger partial charge on any atom is 0.335 e. The number of rotatable bonds is 6. The Kier molecular flexibility index (Phi) is 8.38. The van der Waals surface area contributed by atoms with Gasteiger partial charge in [0.05, 0.1) is 25.3 Å². The number of benzene rings is 1. The van der Waals surface area contributed by atoms with Gasteiger partial charge in [0.25, 0.3) is 0 Å². The molecular formula is C42H60N2O4. The molecule has 1 saturated heterocycles. The fourth-order valence-electron chi connectivity index (χ4n) is 13.5. The number of carboxylic acids is 1. The SMILES string of the molecule is C=C(C)[C@@H]1CC[C@]2(NC(=O)CN3CCOCC3)CC[C@]3(C)[C@H](CC[C@@H]4[C@@]5(C)CC=C(c6ccc(C(=O)O)cc6)C(C)(C)[C@@H]5CC[C@]43C)[C@@H]12. The van der Waals surface area contributed by atoms with Gasteiger partial charge in [-0.2, -0.15) is 0 Å². The molecule has 1 heterocycles. The van der Waals surface area contributed by atoms with Gasteiger partial charge in [0.2, 0.25) is 5.91 Å². The first-order valence-electron chi connectivity index (χ1n) is 19.0. The van der Waals surface area contributed by atoms with E-state index < -0.39 is 5.97 Å². The zero-order chi connectivity index (χ0) is 34.3. The van der Waals surface area contributed by atoms with Gasteiger partial charge in [-0.1, -0.05) is 65.0 Å². The van der Waals surface area contributed by atoms with Crippen molar-refractivity contribution in [3.05, 3.63) is 53.6 Å². The Bertz CT molecular complexity index is 1490. The van der Waals surface area contributed by atoms with Crippen molar-refractivity contribution in [2.45, 2.75) is 105 Å². The van der Waals surface area contributed by atoms with Gasteiger partial charge in [-0.25, -0.2) is 4.79 Å². The summed E-state index contributed by atoms with van der Waals surface area (Å²) in [5.74, 6) is 2.04. The predicted molar refractivity (Wildman–Crippen MR) is 191 cm³/mol. The number of carboxylic acid groups (broad SMARTS) is 1. The van der Waals surface area contributed by atoms with Crippen LogP contribution in [-0.2, 0) is 9.53 Å². The smallest absolute Gasteiger partial charge is 0.335 e. The number of fused-ring (bicyclic) bond motifs is 7. The van der Waals surface area contributed by atoms with Crippen molar-refractivity contribution < 1.29 is 19.4 Å². The maximum atomic E-state index is 13.7. The number of aromatic carboxylic acids is 1. The highest BCUT2D eigenvalue weighted by molar-refractivity contribution is 5.88. The number of carbonyl (C=O) groups is 2. The van der Waals surface area contributed by atoms with Crippen LogP contribution in [0.5, 0.6) is 0 Å². The van der Waals surface area contributed by atoms with Gasteiger partial charge in [0.1, 0.15) is 0 Å². The van der Waals surface area contributed by atoms with E-state index in [0.717, 1.165) is 38.8 Å². The third kappa shape index (κ3) is 5.00. The molecule has 1 aromatic rings. The minimum Gasteiger partial charge on any atom is -0.478 e. The summed E-state index contributed by atoms with van der Waals surface area (Å²) in [7, 11) is 0. The minimum absolute atomic E-state index is 0.000193. The van der Waals surface area contributed by atoms with E-state index in [4.69, 9.17) is 4.74 Å². The molecule has 5 fully saturated rings. The highest BCUT2D eigenvalue weighted by Crippen LogP contribution is 2.76. The molecule has 2 N–H and O–H groups in total. The Morgan fingerprint density at radius 3 is 2.29 bits per heavy atom. The summed E-state index contributed by atoms with van der Waals surface area (Å²) in [6.07, 6.45) is 13.0. The van der Waals surface area contributed by atoms with Gasteiger partial charge in [-0.3, -0.25) is 9.69 Å². The second-order valence-electron chi connectivity index (χ2n) is 18.2. The molecule has 7 rings (SSSR count). The van der Waals surface area contributed by atoms with E-state index in [-0.39, 0.29) is 33.1 Å². The lowest BCUT2D eigenvalue weighted by molar-refractivity contribution is -0.219. The molecule has 262 valence electrons. The van der Waals surface area contributed by atoms with Crippen LogP contribution in [0.2, 0.25) is 0 Å². The molecule has 4 saturated carbocycles. The normalized spacial score (nSPS) is 42.0. The lowest BCUT2D eigenvalue weighted by atomic mass is 9.33. The molecule has 6 heteroatoms. The summed E-state index contributed by atoms with van der Waals surface area (Å²) in [6.45, 7) is 23.2. The van der Waals surface area contributed by atoms with E-state index in [1.165, 1.54) is 48.8 Å². The molecule has 0 bridgehead atoms. The van der Waals surface area contributed by atoms with Gasteiger partial charge in [0.15, 0.2) is 0 Å². The molecule has 0 unspecified atom stereocenters. The van der Waals surface area contributed by atoms with Crippen LogP contribution in [0.15, 0.2) is 42.5 Å². The van der Waals surface area contributed by atoms with Crippen LogP contribution in [0.4, 0.5) is 0 Å². The average Bonchev–Trinajstić information content (AvgIpc) is 3.41. The van der Waals surface area contributed by atoms with Crippen molar-refractivity contribution in [2.75, 3.05) is 32.8 Å². The van der Waals surface area contributed by atoms with Crippen LogP contribution in [0, 0.1) is 51.2 Å². The van der Waals surface area contributed by atoms with E-state index in [1.54, 1.807) is 12.1 Å². The number of hydrogen-bond donors (Lipinski definition) is 2. The monoisotopic (exact) mass is 656 g/mol. The van der Waals surface area contributed by atoms with Gasteiger partial charge in [-0.15, -0.1) is 0 Å². The second-order valence-corrected chi connectivity index (χ2v) is 18.2. The van der Waals surface area contributed by atoms with Crippen molar-refractivity contribution in [2.24, 2.45) is 51.2 Å².